The zero-order valence-corrected chi connectivity index (χ0v) is 12.5. The molecule has 5 heteroatoms. The van der Waals surface area contributed by atoms with Crippen LogP contribution in [0.5, 0.6) is 5.75 Å². The Morgan fingerprint density at radius 3 is 2.52 bits per heavy atom. The molecule has 0 radical (unpaired) electrons. The molecule has 4 nitrogen and oxygen atoms in total. The number of hydrogen-bond donors (Lipinski definition) is 1. The molecule has 0 saturated heterocycles. The van der Waals surface area contributed by atoms with Crippen LogP contribution in [-0.4, -0.2) is 17.1 Å². The van der Waals surface area contributed by atoms with Crippen LogP contribution in [0.1, 0.15) is 5.82 Å². The number of ether oxygens (including phenoxy) is 1. The van der Waals surface area contributed by atoms with E-state index in [9.17, 15) is 0 Å². The van der Waals surface area contributed by atoms with Crippen LogP contribution in [0.25, 0.3) is 10.9 Å². The van der Waals surface area contributed by atoms with E-state index in [0.717, 1.165) is 28.2 Å². The first-order chi connectivity index (χ1) is 10.2. The second kappa shape index (κ2) is 5.58. The minimum atomic E-state index is 0.660. The summed E-state index contributed by atoms with van der Waals surface area (Å²) in [5.74, 6) is 2.26. The number of aromatic nitrogens is 2. The van der Waals surface area contributed by atoms with E-state index in [-0.39, 0.29) is 0 Å². The minimum absolute atomic E-state index is 0.660. The van der Waals surface area contributed by atoms with Crippen LogP contribution in [-0.2, 0) is 0 Å². The van der Waals surface area contributed by atoms with Gasteiger partial charge in [-0.3, -0.25) is 0 Å². The molecule has 0 aliphatic carbocycles. The van der Waals surface area contributed by atoms with Crippen molar-refractivity contribution < 1.29 is 4.74 Å². The molecule has 0 fully saturated rings. The van der Waals surface area contributed by atoms with Crippen molar-refractivity contribution in [2.45, 2.75) is 6.92 Å². The first-order valence-corrected chi connectivity index (χ1v) is 6.88. The van der Waals surface area contributed by atoms with Gasteiger partial charge in [-0.25, -0.2) is 9.97 Å². The van der Waals surface area contributed by atoms with Crippen molar-refractivity contribution in [1.82, 2.24) is 9.97 Å². The summed E-state index contributed by atoms with van der Waals surface area (Å²) >= 11 is 6.07. The zero-order valence-electron chi connectivity index (χ0n) is 11.7. The number of fused-ring (bicyclic) bond motifs is 1. The second-order valence-corrected chi connectivity index (χ2v) is 5.07. The minimum Gasteiger partial charge on any atom is -0.497 e. The molecule has 0 aliphatic heterocycles. The van der Waals surface area contributed by atoms with Gasteiger partial charge < -0.3 is 10.1 Å². The Labute approximate surface area is 127 Å². The summed E-state index contributed by atoms with van der Waals surface area (Å²) in [4.78, 5) is 8.88. The van der Waals surface area contributed by atoms with Crippen molar-refractivity contribution >= 4 is 34.0 Å². The molecule has 106 valence electrons. The Balaban J connectivity index is 2.04. The predicted molar refractivity (Wildman–Crippen MR) is 85.6 cm³/mol. The van der Waals surface area contributed by atoms with Gasteiger partial charge in [0.25, 0.3) is 0 Å². The summed E-state index contributed by atoms with van der Waals surface area (Å²) in [6.07, 6.45) is 0. The van der Waals surface area contributed by atoms with Gasteiger partial charge in [-0.1, -0.05) is 11.6 Å². The Bertz CT molecular complexity index is 787. The topological polar surface area (TPSA) is 47.0 Å². The fourth-order valence-corrected chi connectivity index (χ4v) is 2.30. The van der Waals surface area contributed by atoms with Crippen molar-refractivity contribution in [3.05, 3.63) is 53.3 Å². The van der Waals surface area contributed by atoms with E-state index in [2.05, 4.69) is 15.3 Å². The van der Waals surface area contributed by atoms with Gasteiger partial charge >= 0.3 is 0 Å². The standard InChI is InChI=1S/C16H14ClN3O/c1-10-18-15-8-3-11(17)9-14(15)16(19-10)20-12-4-6-13(21-2)7-5-12/h3-9H,1-2H3,(H,18,19,20). The summed E-state index contributed by atoms with van der Waals surface area (Å²) in [6.45, 7) is 1.87. The van der Waals surface area contributed by atoms with Crippen LogP contribution in [0.3, 0.4) is 0 Å². The largest absolute Gasteiger partial charge is 0.497 e. The third-order valence-electron chi connectivity index (χ3n) is 3.12. The molecule has 1 N–H and O–H groups in total. The fraction of sp³-hybridized carbons (Fsp3) is 0.125. The summed E-state index contributed by atoms with van der Waals surface area (Å²) in [6, 6.07) is 13.2. The van der Waals surface area contributed by atoms with Gasteiger partial charge in [0, 0.05) is 16.1 Å². The SMILES string of the molecule is COc1ccc(Nc2nc(C)nc3ccc(Cl)cc23)cc1. The highest BCUT2D eigenvalue weighted by molar-refractivity contribution is 6.31. The van der Waals surface area contributed by atoms with E-state index in [1.165, 1.54) is 0 Å². The summed E-state index contributed by atoms with van der Waals surface area (Å²) in [5.41, 5.74) is 1.79. The Morgan fingerprint density at radius 2 is 1.81 bits per heavy atom. The van der Waals surface area contributed by atoms with Crippen LogP contribution < -0.4 is 10.1 Å². The number of rotatable bonds is 3. The van der Waals surface area contributed by atoms with Gasteiger partial charge in [0.05, 0.1) is 12.6 Å². The smallest absolute Gasteiger partial charge is 0.142 e. The molecular weight excluding hydrogens is 286 g/mol. The van der Waals surface area contributed by atoms with Crippen molar-refractivity contribution in [3.63, 3.8) is 0 Å². The molecule has 0 atom stereocenters. The van der Waals surface area contributed by atoms with E-state index in [4.69, 9.17) is 16.3 Å². The molecule has 0 bridgehead atoms. The summed E-state index contributed by atoms with van der Waals surface area (Å²) in [5, 5.41) is 4.85. The fourth-order valence-electron chi connectivity index (χ4n) is 2.12. The Kier molecular flexibility index (Phi) is 3.62. The lowest BCUT2D eigenvalue weighted by atomic mass is 10.2. The lowest BCUT2D eigenvalue weighted by Crippen LogP contribution is -1.99. The number of halogens is 1. The van der Waals surface area contributed by atoms with Crippen molar-refractivity contribution in [1.29, 1.82) is 0 Å². The molecule has 1 aromatic heterocycles. The molecule has 0 aliphatic rings. The molecule has 1 heterocycles. The van der Waals surface area contributed by atoms with Crippen LogP contribution in [0.15, 0.2) is 42.5 Å². The first-order valence-electron chi connectivity index (χ1n) is 6.51. The molecule has 2 aromatic carbocycles. The average molecular weight is 300 g/mol. The Morgan fingerprint density at radius 1 is 1.05 bits per heavy atom. The van der Waals surface area contributed by atoms with Crippen molar-refractivity contribution in [3.8, 4) is 5.75 Å². The van der Waals surface area contributed by atoms with Crippen LogP contribution in [0.4, 0.5) is 11.5 Å². The average Bonchev–Trinajstić information content (AvgIpc) is 2.49. The van der Waals surface area contributed by atoms with Crippen molar-refractivity contribution in [2.24, 2.45) is 0 Å². The highest BCUT2D eigenvalue weighted by atomic mass is 35.5. The lowest BCUT2D eigenvalue weighted by Gasteiger charge is -2.10. The summed E-state index contributed by atoms with van der Waals surface area (Å²) in [7, 11) is 1.64. The molecular formula is C16H14ClN3O. The van der Waals surface area contributed by atoms with E-state index >= 15 is 0 Å². The van der Waals surface area contributed by atoms with Gasteiger partial charge in [0.1, 0.15) is 17.4 Å². The zero-order chi connectivity index (χ0) is 14.8. The predicted octanol–water partition coefficient (Wildman–Crippen LogP) is 4.34. The molecule has 21 heavy (non-hydrogen) atoms. The number of nitrogens with zero attached hydrogens (tertiary/aromatic N) is 2. The third kappa shape index (κ3) is 2.90. The normalized spacial score (nSPS) is 10.6. The highest BCUT2D eigenvalue weighted by Gasteiger charge is 2.07. The quantitative estimate of drug-likeness (QED) is 0.781. The molecule has 0 saturated carbocycles. The Hall–Kier alpha value is -2.33. The summed E-state index contributed by atoms with van der Waals surface area (Å²) < 4.78 is 5.15. The molecule has 0 unspecified atom stereocenters. The molecule has 0 spiro atoms. The number of nitrogens with one attached hydrogen (secondary N) is 1. The van der Waals surface area contributed by atoms with Gasteiger partial charge in [-0.2, -0.15) is 0 Å². The third-order valence-corrected chi connectivity index (χ3v) is 3.36. The van der Waals surface area contributed by atoms with Crippen LogP contribution in [0.2, 0.25) is 5.02 Å². The number of aryl methyl sites for hydroxylation is 1. The number of hydrogen-bond acceptors (Lipinski definition) is 4. The van der Waals surface area contributed by atoms with Gasteiger partial charge in [-0.15, -0.1) is 0 Å². The second-order valence-electron chi connectivity index (χ2n) is 4.63. The maximum atomic E-state index is 6.07. The van der Waals surface area contributed by atoms with E-state index in [0.29, 0.717) is 10.8 Å². The van der Waals surface area contributed by atoms with E-state index in [1.807, 2.05) is 49.4 Å². The monoisotopic (exact) mass is 299 g/mol. The molecule has 3 aromatic rings. The maximum absolute atomic E-state index is 6.07. The van der Waals surface area contributed by atoms with E-state index < -0.39 is 0 Å². The number of anilines is 2. The van der Waals surface area contributed by atoms with Gasteiger partial charge in [0.15, 0.2) is 0 Å². The maximum Gasteiger partial charge on any atom is 0.142 e. The van der Waals surface area contributed by atoms with Gasteiger partial charge in [-0.05, 0) is 49.4 Å². The van der Waals surface area contributed by atoms with Gasteiger partial charge in [0.2, 0.25) is 0 Å². The van der Waals surface area contributed by atoms with E-state index in [1.54, 1.807) is 7.11 Å². The highest BCUT2D eigenvalue weighted by Crippen LogP contribution is 2.27. The lowest BCUT2D eigenvalue weighted by molar-refractivity contribution is 0.415. The molecule has 0 amide bonds. The van der Waals surface area contributed by atoms with Crippen molar-refractivity contribution in [2.75, 3.05) is 12.4 Å². The van der Waals surface area contributed by atoms with Crippen LogP contribution in [0, 0.1) is 6.92 Å². The number of methoxy groups -OCH3 is 1. The first kappa shape index (κ1) is 13.6. The number of benzene rings is 2. The molecule has 3 rings (SSSR count). The van der Waals surface area contributed by atoms with Crippen LogP contribution >= 0.6 is 11.6 Å².